The highest BCUT2D eigenvalue weighted by molar-refractivity contribution is 6.36. The van der Waals surface area contributed by atoms with Crippen LogP contribution in [-0.4, -0.2) is 53.2 Å². The number of hydrogen-bond donors (Lipinski definition) is 1. The van der Waals surface area contributed by atoms with Crippen LogP contribution in [0.2, 0.25) is 5.02 Å². The lowest BCUT2D eigenvalue weighted by molar-refractivity contribution is 0.0501. The molecule has 0 aliphatic carbocycles. The Balaban J connectivity index is 2.94. The van der Waals surface area contributed by atoms with Crippen molar-refractivity contribution in [2.24, 2.45) is 0 Å². The zero-order valence-corrected chi connectivity index (χ0v) is 16.3. The predicted octanol–water partition coefficient (Wildman–Crippen LogP) is 2.41. The molecule has 0 fully saturated rings. The van der Waals surface area contributed by atoms with Crippen LogP contribution in [0.3, 0.4) is 0 Å². The van der Waals surface area contributed by atoms with E-state index in [4.69, 9.17) is 25.8 Å². The maximum atomic E-state index is 12.1. The fraction of sp³-hybridized carbons (Fsp3) is 0.625. The minimum absolute atomic E-state index is 0.0759. The third-order valence-corrected chi connectivity index (χ3v) is 3.18. The van der Waals surface area contributed by atoms with E-state index in [2.05, 4.69) is 10.4 Å². The predicted molar refractivity (Wildman–Crippen MR) is 93.4 cm³/mol. The summed E-state index contributed by atoms with van der Waals surface area (Å²) in [6.07, 6.45) is -0.612. The van der Waals surface area contributed by atoms with Crippen molar-refractivity contribution >= 4 is 29.6 Å². The first-order chi connectivity index (χ1) is 12.1. The highest BCUT2D eigenvalue weighted by Crippen LogP contribution is 2.23. The summed E-state index contributed by atoms with van der Waals surface area (Å²) in [7, 11) is 0. The minimum Gasteiger partial charge on any atom is -0.461 e. The molecule has 0 spiro atoms. The second-order valence-corrected chi connectivity index (χ2v) is 6.48. The number of hydrogen-bond acceptors (Lipinski definition) is 7. The smallest absolute Gasteiger partial charge is 0.407 e. The van der Waals surface area contributed by atoms with Gasteiger partial charge in [0.2, 0.25) is 0 Å². The summed E-state index contributed by atoms with van der Waals surface area (Å²) in [5.74, 6) is -1.47. The number of aromatic nitrogens is 2. The number of carbonyl (C=O) groups is 3. The standard InChI is InChI=1S/C16H24ClN3O6/c1-6-24-13(21)11-10(17)12(14(22)25-7-2)20(19-11)9-8-18-15(23)26-16(3,4)5/h6-9H2,1-5H3,(H,18,23). The Labute approximate surface area is 156 Å². The molecule has 1 amide bonds. The minimum atomic E-state index is -0.748. The van der Waals surface area contributed by atoms with Gasteiger partial charge in [-0.05, 0) is 34.6 Å². The first-order valence-corrected chi connectivity index (χ1v) is 8.55. The molecule has 146 valence electrons. The molecule has 1 rings (SSSR count). The van der Waals surface area contributed by atoms with E-state index in [0.717, 1.165) is 0 Å². The molecule has 0 bridgehead atoms. The van der Waals surface area contributed by atoms with Crippen LogP contribution < -0.4 is 5.32 Å². The number of halogens is 1. The second-order valence-electron chi connectivity index (χ2n) is 6.10. The van der Waals surface area contributed by atoms with Crippen molar-refractivity contribution in [2.75, 3.05) is 19.8 Å². The summed E-state index contributed by atoms with van der Waals surface area (Å²) in [5, 5.41) is 6.40. The van der Waals surface area contributed by atoms with Crippen LogP contribution in [0.4, 0.5) is 4.79 Å². The lowest BCUT2D eigenvalue weighted by Crippen LogP contribution is -2.34. The molecule has 0 aromatic carbocycles. The first kappa shape index (κ1) is 21.8. The van der Waals surface area contributed by atoms with Gasteiger partial charge in [0.05, 0.1) is 19.8 Å². The van der Waals surface area contributed by atoms with E-state index < -0.39 is 23.6 Å². The Bertz CT molecular complexity index is 666. The van der Waals surface area contributed by atoms with Crippen molar-refractivity contribution in [1.82, 2.24) is 15.1 Å². The molecule has 1 N–H and O–H groups in total. The van der Waals surface area contributed by atoms with Gasteiger partial charge in [-0.25, -0.2) is 14.4 Å². The molecule has 1 aromatic heterocycles. The van der Waals surface area contributed by atoms with Gasteiger partial charge in [-0.15, -0.1) is 0 Å². The van der Waals surface area contributed by atoms with Crippen LogP contribution in [0, 0.1) is 0 Å². The Morgan fingerprint density at radius 1 is 1.12 bits per heavy atom. The van der Waals surface area contributed by atoms with Crippen molar-refractivity contribution in [2.45, 2.75) is 46.8 Å². The summed E-state index contributed by atoms with van der Waals surface area (Å²) in [6.45, 7) is 8.94. The monoisotopic (exact) mass is 389 g/mol. The zero-order valence-electron chi connectivity index (χ0n) is 15.6. The van der Waals surface area contributed by atoms with Gasteiger partial charge in [-0.2, -0.15) is 5.10 Å². The van der Waals surface area contributed by atoms with E-state index >= 15 is 0 Å². The van der Waals surface area contributed by atoms with Crippen LogP contribution in [0.15, 0.2) is 0 Å². The molecule has 0 saturated carbocycles. The van der Waals surface area contributed by atoms with Gasteiger partial charge in [0.1, 0.15) is 10.6 Å². The number of nitrogens with zero attached hydrogens (tertiary/aromatic N) is 2. The van der Waals surface area contributed by atoms with Gasteiger partial charge < -0.3 is 19.5 Å². The number of nitrogens with one attached hydrogen (secondary N) is 1. The van der Waals surface area contributed by atoms with Crippen molar-refractivity contribution in [3.8, 4) is 0 Å². The molecule has 9 nitrogen and oxygen atoms in total. The molecule has 0 radical (unpaired) electrons. The van der Waals surface area contributed by atoms with Gasteiger partial charge in [0.15, 0.2) is 11.4 Å². The van der Waals surface area contributed by atoms with Crippen LogP contribution in [0.25, 0.3) is 0 Å². The zero-order chi connectivity index (χ0) is 19.9. The summed E-state index contributed by atoms with van der Waals surface area (Å²) in [6, 6.07) is 0. The average Bonchev–Trinajstić information content (AvgIpc) is 2.82. The van der Waals surface area contributed by atoms with Crippen molar-refractivity contribution < 1.29 is 28.6 Å². The summed E-state index contributed by atoms with van der Waals surface area (Å²) in [4.78, 5) is 35.7. The molecule has 0 aliphatic rings. The summed E-state index contributed by atoms with van der Waals surface area (Å²) < 4.78 is 16.1. The van der Waals surface area contributed by atoms with Crippen molar-refractivity contribution in [3.05, 3.63) is 16.4 Å². The lowest BCUT2D eigenvalue weighted by atomic mass is 10.2. The van der Waals surface area contributed by atoms with Crippen LogP contribution in [-0.2, 0) is 20.8 Å². The number of rotatable bonds is 7. The van der Waals surface area contributed by atoms with Crippen LogP contribution in [0.1, 0.15) is 55.6 Å². The molecule has 0 atom stereocenters. The Morgan fingerprint density at radius 2 is 1.69 bits per heavy atom. The molecule has 0 saturated heterocycles. The lowest BCUT2D eigenvalue weighted by Gasteiger charge is -2.19. The fourth-order valence-corrected chi connectivity index (χ4v) is 2.19. The number of amides is 1. The molecular formula is C16H24ClN3O6. The number of ether oxygens (including phenoxy) is 3. The van der Waals surface area contributed by atoms with Gasteiger partial charge in [-0.3, -0.25) is 4.68 Å². The number of esters is 2. The molecule has 26 heavy (non-hydrogen) atoms. The topological polar surface area (TPSA) is 109 Å². The van der Waals surface area contributed by atoms with E-state index in [9.17, 15) is 14.4 Å². The van der Waals surface area contributed by atoms with Crippen LogP contribution in [0.5, 0.6) is 0 Å². The van der Waals surface area contributed by atoms with Gasteiger partial charge in [-0.1, -0.05) is 11.6 Å². The number of carbonyl (C=O) groups excluding carboxylic acids is 3. The fourth-order valence-electron chi connectivity index (χ4n) is 1.90. The highest BCUT2D eigenvalue weighted by Gasteiger charge is 2.28. The maximum Gasteiger partial charge on any atom is 0.407 e. The Kier molecular flexibility index (Phi) is 7.88. The number of alkyl carbamates (subject to hydrolysis) is 1. The largest absolute Gasteiger partial charge is 0.461 e. The average molecular weight is 390 g/mol. The molecule has 0 aliphatic heterocycles. The molecule has 1 heterocycles. The van der Waals surface area contributed by atoms with Crippen molar-refractivity contribution in [3.63, 3.8) is 0 Å². The maximum absolute atomic E-state index is 12.1. The second kappa shape index (κ2) is 9.42. The Morgan fingerprint density at radius 3 is 2.23 bits per heavy atom. The van der Waals surface area contributed by atoms with E-state index in [0.29, 0.717) is 0 Å². The highest BCUT2D eigenvalue weighted by atomic mass is 35.5. The third kappa shape index (κ3) is 6.21. The first-order valence-electron chi connectivity index (χ1n) is 8.18. The molecule has 0 unspecified atom stereocenters. The third-order valence-electron chi connectivity index (χ3n) is 2.82. The van der Waals surface area contributed by atoms with Gasteiger partial charge in [0, 0.05) is 6.54 Å². The molecular weight excluding hydrogens is 366 g/mol. The molecule has 10 heteroatoms. The van der Waals surface area contributed by atoms with E-state index in [1.54, 1.807) is 34.6 Å². The van der Waals surface area contributed by atoms with Crippen molar-refractivity contribution in [1.29, 1.82) is 0 Å². The molecule has 1 aromatic rings. The van der Waals surface area contributed by atoms with E-state index in [-0.39, 0.29) is 42.7 Å². The summed E-state index contributed by atoms with van der Waals surface area (Å²) in [5.41, 5.74) is -0.900. The van der Waals surface area contributed by atoms with E-state index in [1.807, 2.05) is 0 Å². The normalized spacial score (nSPS) is 11.0. The summed E-state index contributed by atoms with van der Waals surface area (Å²) >= 11 is 6.12. The van der Waals surface area contributed by atoms with Crippen LogP contribution >= 0.6 is 11.6 Å². The van der Waals surface area contributed by atoms with E-state index in [1.165, 1.54) is 4.68 Å². The quantitative estimate of drug-likeness (QED) is 0.563. The van der Waals surface area contributed by atoms with Gasteiger partial charge in [0.25, 0.3) is 0 Å². The SMILES string of the molecule is CCOC(=O)c1nn(CCNC(=O)OC(C)(C)C)c(C(=O)OCC)c1Cl. The van der Waals surface area contributed by atoms with Gasteiger partial charge >= 0.3 is 18.0 Å². The Hall–Kier alpha value is -2.29.